The Kier molecular flexibility index (Phi) is 14.7. The van der Waals surface area contributed by atoms with Gasteiger partial charge in [-0.05, 0) is 38.5 Å². The van der Waals surface area contributed by atoms with Crippen LogP contribution in [-0.2, 0) is 28.2 Å². The molecule has 0 saturated heterocycles. The van der Waals surface area contributed by atoms with E-state index in [4.69, 9.17) is 19.3 Å². The molecule has 0 aliphatic rings. The molecule has 148 valence electrons. The van der Waals surface area contributed by atoms with Crippen LogP contribution in [0.3, 0.4) is 0 Å². The van der Waals surface area contributed by atoms with Gasteiger partial charge in [0.05, 0.1) is 19.8 Å². The average molecular weight is 382 g/mol. The molecule has 0 aliphatic heterocycles. The van der Waals surface area contributed by atoms with Gasteiger partial charge in [-0.1, -0.05) is 19.8 Å². The quantitative estimate of drug-likeness (QED) is 0.237. The Morgan fingerprint density at radius 1 is 0.760 bits per heavy atom. The number of unbranched alkanes of at least 4 members (excludes halogenated alkanes) is 5. The summed E-state index contributed by atoms with van der Waals surface area (Å²) in [5.74, 6) is -0.456. The van der Waals surface area contributed by atoms with Gasteiger partial charge < -0.3 is 19.3 Å². The van der Waals surface area contributed by atoms with Crippen molar-refractivity contribution in [2.24, 2.45) is 0 Å². The zero-order chi connectivity index (χ0) is 19.0. The summed E-state index contributed by atoms with van der Waals surface area (Å²) in [4.78, 5) is 39.8. The van der Waals surface area contributed by atoms with Gasteiger partial charge in [0.1, 0.15) is 0 Å². The lowest BCUT2D eigenvalue weighted by Crippen LogP contribution is -2.07. The highest BCUT2D eigenvalue weighted by atomic mass is 31.2. The van der Waals surface area contributed by atoms with Gasteiger partial charge in [0.15, 0.2) is 0 Å². The number of carbonyl (C=O) groups is 2. The number of carbonyl (C=O) groups excluding carboxylic acids is 2. The molecule has 0 aromatic carbocycles. The number of rotatable bonds is 16. The fourth-order valence-electron chi connectivity index (χ4n) is 1.94. The van der Waals surface area contributed by atoms with Crippen LogP contribution >= 0.6 is 7.82 Å². The van der Waals surface area contributed by atoms with Gasteiger partial charge in [0.25, 0.3) is 0 Å². The number of ether oxygens (including phenoxy) is 2. The Labute approximate surface area is 149 Å². The number of esters is 2. The third kappa shape index (κ3) is 19.2. The molecule has 9 heteroatoms. The van der Waals surface area contributed by atoms with Crippen LogP contribution in [0.1, 0.15) is 71.1 Å². The van der Waals surface area contributed by atoms with Crippen LogP contribution in [0.15, 0.2) is 0 Å². The zero-order valence-corrected chi connectivity index (χ0v) is 15.9. The van der Waals surface area contributed by atoms with E-state index in [0.29, 0.717) is 45.3 Å². The van der Waals surface area contributed by atoms with E-state index in [0.717, 1.165) is 25.7 Å². The van der Waals surface area contributed by atoms with Crippen molar-refractivity contribution in [3.8, 4) is 0 Å². The summed E-state index contributed by atoms with van der Waals surface area (Å²) in [7, 11) is -4.39. The van der Waals surface area contributed by atoms with E-state index >= 15 is 0 Å². The predicted octanol–water partition coefficient (Wildman–Crippen LogP) is 3.10. The molecule has 0 aromatic heterocycles. The van der Waals surface area contributed by atoms with Crippen molar-refractivity contribution in [1.29, 1.82) is 0 Å². The van der Waals surface area contributed by atoms with E-state index in [9.17, 15) is 14.2 Å². The number of hydrogen-bond donors (Lipinski definition) is 2. The van der Waals surface area contributed by atoms with Crippen LogP contribution in [0.4, 0.5) is 0 Å². The maximum absolute atomic E-state index is 11.5. The Morgan fingerprint density at radius 3 is 1.72 bits per heavy atom. The minimum absolute atomic E-state index is 0.0276. The molecule has 0 amide bonds. The Morgan fingerprint density at radius 2 is 1.24 bits per heavy atom. The molecule has 0 unspecified atom stereocenters. The van der Waals surface area contributed by atoms with E-state index in [1.54, 1.807) is 0 Å². The van der Waals surface area contributed by atoms with Crippen molar-refractivity contribution in [3.63, 3.8) is 0 Å². The first-order valence-electron chi connectivity index (χ1n) is 8.86. The molecular weight excluding hydrogens is 351 g/mol. The highest BCUT2D eigenvalue weighted by molar-refractivity contribution is 7.46. The zero-order valence-electron chi connectivity index (χ0n) is 15.0. The van der Waals surface area contributed by atoms with Crippen LogP contribution in [0.25, 0.3) is 0 Å². The van der Waals surface area contributed by atoms with Crippen molar-refractivity contribution in [2.45, 2.75) is 71.1 Å². The van der Waals surface area contributed by atoms with Crippen molar-refractivity contribution in [3.05, 3.63) is 0 Å². The van der Waals surface area contributed by atoms with Crippen LogP contribution in [0.5, 0.6) is 0 Å². The monoisotopic (exact) mass is 382 g/mol. The first kappa shape index (κ1) is 24.1. The molecule has 0 aromatic rings. The van der Waals surface area contributed by atoms with Crippen molar-refractivity contribution in [2.75, 3.05) is 19.8 Å². The predicted molar refractivity (Wildman–Crippen MR) is 91.8 cm³/mol. The molecule has 0 aliphatic carbocycles. The van der Waals surface area contributed by atoms with E-state index in [2.05, 4.69) is 4.52 Å². The Balaban J connectivity index is 3.36. The summed E-state index contributed by atoms with van der Waals surface area (Å²) in [6.45, 7) is 2.83. The molecule has 0 fully saturated rings. The maximum atomic E-state index is 11.5. The van der Waals surface area contributed by atoms with E-state index in [1.165, 1.54) is 0 Å². The average Bonchev–Trinajstić information content (AvgIpc) is 2.53. The lowest BCUT2D eigenvalue weighted by atomic mass is 10.2. The summed E-state index contributed by atoms with van der Waals surface area (Å²) in [5, 5.41) is 0. The summed E-state index contributed by atoms with van der Waals surface area (Å²) in [5.41, 5.74) is 0. The lowest BCUT2D eigenvalue weighted by molar-refractivity contribution is -0.145. The highest BCUT2D eigenvalue weighted by Crippen LogP contribution is 2.35. The number of hydrogen-bond acceptors (Lipinski definition) is 6. The van der Waals surface area contributed by atoms with Gasteiger partial charge in [0.2, 0.25) is 0 Å². The molecule has 0 heterocycles. The van der Waals surface area contributed by atoms with Gasteiger partial charge in [-0.25, -0.2) is 4.57 Å². The largest absolute Gasteiger partial charge is 0.469 e. The molecule has 0 spiro atoms. The van der Waals surface area contributed by atoms with Crippen molar-refractivity contribution >= 4 is 19.8 Å². The minimum atomic E-state index is -4.39. The SMILES string of the molecule is CCCCOC(=O)CCCCCOC(=O)CCCCCOP(=O)(O)O. The molecule has 0 radical (unpaired) electrons. The van der Waals surface area contributed by atoms with Crippen LogP contribution in [-0.4, -0.2) is 41.5 Å². The van der Waals surface area contributed by atoms with Gasteiger partial charge in [-0.2, -0.15) is 0 Å². The molecule has 0 rings (SSSR count). The fourth-order valence-corrected chi connectivity index (χ4v) is 2.31. The molecule has 0 bridgehead atoms. The molecule has 8 nitrogen and oxygen atoms in total. The molecular formula is C16H31O8P. The van der Waals surface area contributed by atoms with Crippen LogP contribution < -0.4 is 0 Å². The molecule has 25 heavy (non-hydrogen) atoms. The highest BCUT2D eigenvalue weighted by Gasteiger charge is 2.12. The fraction of sp³-hybridized carbons (Fsp3) is 0.875. The summed E-state index contributed by atoms with van der Waals surface area (Å²) >= 11 is 0. The van der Waals surface area contributed by atoms with Gasteiger partial charge in [-0.3, -0.25) is 14.1 Å². The van der Waals surface area contributed by atoms with E-state index in [1.807, 2.05) is 6.92 Å². The first-order chi connectivity index (χ1) is 11.8. The summed E-state index contributed by atoms with van der Waals surface area (Å²) in [6.07, 6.45) is 6.50. The number of phosphoric ester groups is 1. The lowest BCUT2D eigenvalue weighted by Gasteiger charge is -2.06. The van der Waals surface area contributed by atoms with Crippen molar-refractivity contribution < 1.29 is 37.9 Å². The Bertz CT molecular complexity index is 407. The third-order valence-electron chi connectivity index (χ3n) is 3.33. The topological polar surface area (TPSA) is 119 Å². The first-order valence-corrected chi connectivity index (χ1v) is 10.4. The van der Waals surface area contributed by atoms with Crippen molar-refractivity contribution in [1.82, 2.24) is 0 Å². The molecule has 0 saturated carbocycles. The Hall–Kier alpha value is -0.950. The molecule has 0 atom stereocenters. The van der Waals surface area contributed by atoms with Crippen LogP contribution in [0, 0.1) is 0 Å². The maximum Gasteiger partial charge on any atom is 0.469 e. The third-order valence-corrected chi connectivity index (χ3v) is 3.85. The summed E-state index contributed by atoms with van der Waals surface area (Å²) in [6, 6.07) is 0. The second-order valence-electron chi connectivity index (χ2n) is 5.74. The van der Waals surface area contributed by atoms with E-state index < -0.39 is 7.82 Å². The second-order valence-corrected chi connectivity index (χ2v) is 6.98. The summed E-state index contributed by atoms with van der Waals surface area (Å²) < 4.78 is 24.9. The van der Waals surface area contributed by atoms with Gasteiger partial charge >= 0.3 is 19.8 Å². The van der Waals surface area contributed by atoms with Crippen LogP contribution in [0.2, 0.25) is 0 Å². The van der Waals surface area contributed by atoms with E-state index in [-0.39, 0.29) is 25.0 Å². The van der Waals surface area contributed by atoms with Gasteiger partial charge in [0, 0.05) is 12.8 Å². The van der Waals surface area contributed by atoms with Gasteiger partial charge in [-0.15, -0.1) is 0 Å². The number of phosphoric acid groups is 1. The molecule has 2 N–H and O–H groups in total. The minimum Gasteiger partial charge on any atom is -0.466 e. The smallest absolute Gasteiger partial charge is 0.466 e. The second kappa shape index (κ2) is 15.3. The normalized spacial score (nSPS) is 11.3. The standard InChI is InChI=1S/C16H31O8P/c1-2-3-12-22-15(17)10-6-4-8-13-23-16(18)11-7-5-9-14-24-25(19,20)21/h2-14H2,1H3,(H2,19,20,21).